The first-order valence-corrected chi connectivity index (χ1v) is 10.4. The zero-order chi connectivity index (χ0) is 24.6. The van der Waals surface area contributed by atoms with Crippen molar-refractivity contribution in [1.82, 2.24) is 0 Å². The summed E-state index contributed by atoms with van der Waals surface area (Å²) in [4.78, 5) is 0. The molecule has 9 heteroatoms. The topological polar surface area (TPSA) is 127 Å². The molecule has 3 aromatic rings. The summed E-state index contributed by atoms with van der Waals surface area (Å²) in [5.74, 6) is -0.0221. The maximum Gasteiger partial charge on any atom is 0.161 e. The van der Waals surface area contributed by atoms with Crippen LogP contribution in [0.5, 0.6) is 46.0 Å². The number of aliphatic hydroxyl groups excluding tert-OH is 1. The molecule has 180 valence electrons. The average Bonchev–Trinajstić information content (AvgIpc) is 2.83. The van der Waals surface area contributed by atoms with E-state index in [1.54, 1.807) is 30.3 Å². The fraction of sp³-hybridized carbons (Fsp3) is 0.280. The maximum absolute atomic E-state index is 11.6. The lowest BCUT2D eigenvalue weighted by Crippen LogP contribution is -2.35. The number of methoxy groups -OCH3 is 4. The first-order chi connectivity index (χ1) is 16.3. The van der Waals surface area contributed by atoms with Crippen molar-refractivity contribution < 1.29 is 44.1 Å². The highest BCUT2D eigenvalue weighted by Gasteiger charge is 2.44. The van der Waals surface area contributed by atoms with Gasteiger partial charge in [0.15, 0.2) is 17.6 Å². The Bertz CT molecular complexity index is 1180. The van der Waals surface area contributed by atoms with E-state index in [2.05, 4.69) is 0 Å². The highest BCUT2D eigenvalue weighted by Crippen LogP contribution is 2.54. The fourth-order valence-electron chi connectivity index (χ4n) is 4.36. The van der Waals surface area contributed by atoms with E-state index in [1.807, 2.05) is 0 Å². The molecule has 0 aliphatic carbocycles. The molecule has 3 atom stereocenters. The van der Waals surface area contributed by atoms with Crippen molar-refractivity contribution in [3.63, 3.8) is 0 Å². The summed E-state index contributed by atoms with van der Waals surface area (Å²) >= 11 is 0. The summed E-state index contributed by atoms with van der Waals surface area (Å²) in [6.45, 7) is 0. The van der Waals surface area contributed by atoms with Crippen LogP contribution in [0.15, 0.2) is 42.5 Å². The summed E-state index contributed by atoms with van der Waals surface area (Å²) in [6.07, 6.45) is -2.21. The molecule has 1 aliphatic heterocycles. The van der Waals surface area contributed by atoms with Gasteiger partial charge >= 0.3 is 0 Å². The molecular weight excluding hydrogens is 444 g/mol. The van der Waals surface area contributed by atoms with Crippen molar-refractivity contribution >= 4 is 0 Å². The van der Waals surface area contributed by atoms with Gasteiger partial charge in [-0.3, -0.25) is 0 Å². The molecule has 0 radical (unpaired) electrons. The molecule has 0 saturated carbocycles. The molecule has 4 rings (SSSR count). The molecule has 4 N–H and O–H groups in total. The number of fused-ring (bicyclic) bond motifs is 1. The Morgan fingerprint density at radius 2 is 1.35 bits per heavy atom. The molecule has 1 heterocycles. The quantitative estimate of drug-likeness (QED) is 0.428. The summed E-state index contributed by atoms with van der Waals surface area (Å²) in [7, 11) is 5.97. The SMILES string of the molecule is COc1cc(OC)c2c(c1)O[C@H](c1ccc(OC)c(OC)c1)[C@@H](O)[C@H]2c1c(O)cc(O)cc1O. The van der Waals surface area contributed by atoms with Crippen LogP contribution in [-0.2, 0) is 0 Å². The van der Waals surface area contributed by atoms with Crippen molar-refractivity contribution in [2.45, 2.75) is 18.1 Å². The molecule has 0 saturated heterocycles. The molecule has 34 heavy (non-hydrogen) atoms. The Labute approximate surface area is 196 Å². The zero-order valence-corrected chi connectivity index (χ0v) is 19.1. The second kappa shape index (κ2) is 9.11. The number of aromatic hydroxyl groups is 3. The second-order valence-corrected chi connectivity index (χ2v) is 7.76. The summed E-state index contributed by atoms with van der Waals surface area (Å²) in [5, 5.41) is 42.7. The number of hydrogen-bond donors (Lipinski definition) is 4. The van der Waals surface area contributed by atoms with E-state index in [0.717, 1.165) is 12.1 Å². The predicted octanol–water partition coefficient (Wildman–Crippen LogP) is 3.46. The van der Waals surface area contributed by atoms with Gasteiger partial charge in [-0.2, -0.15) is 0 Å². The van der Waals surface area contributed by atoms with Crippen LogP contribution in [0.3, 0.4) is 0 Å². The van der Waals surface area contributed by atoms with Gasteiger partial charge in [0, 0.05) is 35.4 Å². The van der Waals surface area contributed by atoms with Gasteiger partial charge in [-0.15, -0.1) is 0 Å². The lowest BCUT2D eigenvalue weighted by molar-refractivity contribution is 0.00642. The van der Waals surface area contributed by atoms with Crippen molar-refractivity contribution in [2.75, 3.05) is 28.4 Å². The van der Waals surface area contributed by atoms with Crippen LogP contribution in [0.2, 0.25) is 0 Å². The van der Waals surface area contributed by atoms with Crippen LogP contribution in [-0.4, -0.2) is 55.0 Å². The van der Waals surface area contributed by atoms with Gasteiger partial charge in [-0.1, -0.05) is 6.07 Å². The first-order valence-electron chi connectivity index (χ1n) is 10.4. The monoisotopic (exact) mass is 470 g/mol. The lowest BCUT2D eigenvalue weighted by Gasteiger charge is -2.38. The minimum Gasteiger partial charge on any atom is -0.508 e. The van der Waals surface area contributed by atoms with E-state index in [4.69, 9.17) is 23.7 Å². The normalized spacial score (nSPS) is 19.0. The Hall–Kier alpha value is -3.98. The van der Waals surface area contributed by atoms with E-state index < -0.39 is 29.6 Å². The smallest absolute Gasteiger partial charge is 0.161 e. The summed E-state index contributed by atoms with van der Waals surface area (Å²) < 4.78 is 27.8. The average molecular weight is 470 g/mol. The van der Waals surface area contributed by atoms with Gasteiger partial charge < -0.3 is 44.1 Å². The van der Waals surface area contributed by atoms with Gasteiger partial charge in [-0.05, 0) is 17.7 Å². The number of ether oxygens (including phenoxy) is 5. The third kappa shape index (κ3) is 3.84. The molecule has 0 amide bonds. The van der Waals surface area contributed by atoms with Crippen molar-refractivity contribution in [2.24, 2.45) is 0 Å². The first kappa shape index (κ1) is 23.2. The number of phenols is 3. The van der Waals surface area contributed by atoms with Gasteiger partial charge in [-0.25, -0.2) is 0 Å². The number of benzene rings is 3. The number of rotatable bonds is 6. The predicted molar refractivity (Wildman–Crippen MR) is 122 cm³/mol. The molecule has 0 bridgehead atoms. The molecular formula is C25H26O9. The third-order valence-corrected chi connectivity index (χ3v) is 5.92. The largest absolute Gasteiger partial charge is 0.508 e. The summed E-state index contributed by atoms with van der Waals surface area (Å²) in [5.41, 5.74) is 0.993. The Morgan fingerprint density at radius 3 is 1.94 bits per heavy atom. The zero-order valence-electron chi connectivity index (χ0n) is 19.1. The number of hydrogen-bond acceptors (Lipinski definition) is 9. The van der Waals surface area contributed by atoms with E-state index in [1.165, 1.54) is 28.4 Å². The van der Waals surface area contributed by atoms with Crippen LogP contribution in [0.1, 0.15) is 28.7 Å². The van der Waals surface area contributed by atoms with Crippen LogP contribution in [0.25, 0.3) is 0 Å². The van der Waals surface area contributed by atoms with Gasteiger partial charge in [0.25, 0.3) is 0 Å². The molecule has 0 unspecified atom stereocenters. The maximum atomic E-state index is 11.6. The lowest BCUT2D eigenvalue weighted by atomic mass is 9.79. The fourth-order valence-corrected chi connectivity index (χ4v) is 4.36. The molecule has 0 aromatic heterocycles. The van der Waals surface area contributed by atoms with Gasteiger partial charge in [0.05, 0.1) is 34.4 Å². The van der Waals surface area contributed by atoms with Crippen molar-refractivity contribution in [1.29, 1.82) is 0 Å². The van der Waals surface area contributed by atoms with E-state index in [9.17, 15) is 20.4 Å². The Morgan fingerprint density at radius 1 is 0.706 bits per heavy atom. The molecule has 0 fully saturated rings. The highest BCUT2D eigenvalue weighted by molar-refractivity contribution is 5.62. The second-order valence-electron chi connectivity index (χ2n) is 7.76. The van der Waals surface area contributed by atoms with Crippen molar-refractivity contribution in [3.05, 3.63) is 59.2 Å². The van der Waals surface area contributed by atoms with E-state index in [-0.39, 0.29) is 11.3 Å². The third-order valence-electron chi connectivity index (χ3n) is 5.92. The highest BCUT2D eigenvalue weighted by atomic mass is 16.5. The molecule has 3 aromatic carbocycles. The number of phenolic OH excluding ortho intramolecular Hbond substituents is 3. The van der Waals surface area contributed by atoms with Gasteiger partial charge in [0.2, 0.25) is 0 Å². The van der Waals surface area contributed by atoms with Crippen LogP contribution in [0, 0.1) is 0 Å². The molecule has 9 nitrogen and oxygen atoms in total. The Kier molecular flexibility index (Phi) is 6.21. The Balaban J connectivity index is 1.96. The summed E-state index contributed by atoms with van der Waals surface area (Å²) in [6, 6.07) is 10.5. The van der Waals surface area contributed by atoms with Crippen LogP contribution < -0.4 is 23.7 Å². The number of aliphatic hydroxyl groups is 1. The molecule has 0 spiro atoms. The minimum absolute atomic E-state index is 0.0174. The van der Waals surface area contributed by atoms with Gasteiger partial charge in [0.1, 0.15) is 40.6 Å². The van der Waals surface area contributed by atoms with E-state index >= 15 is 0 Å². The van der Waals surface area contributed by atoms with Crippen LogP contribution >= 0.6 is 0 Å². The standard InChI is InChI=1S/C25H26O9/c1-30-14-10-19(33-4)22-20(11-14)34-25(12-5-6-17(31-2)18(7-12)32-3)24(29)23(22)21-15(27)8-13(26)9-16(21)28/h5-11,23-29H,1-4H3/t23-,24-,25+/m0/s1. The minimum atomic E-state index is -1.28. The molecule has 1 aliphatic rings. The van der Waals surface area contributed by atoms with E-state index in [0.29, 0.717) is 39.9 Å². The van der Waals surface area contributed by atoms with Crippen LogP contribution in [0.4, 0.5) is 0 Å². The van der Waals surface area contributed by atoms with Crippen molar-refractivity contribution in [3.8, 4) is 46.0 Å².